The topological polar surface area (TPSA) is 58.6 Å². The summed E-state index contributed by atoms with van der Waals surface area (Å²) in [6, 6.07) is 6.94. The van der Waals surface area contributed by atoms with Crippen LogP contribution in [-0.2, 0) is 11.3 Å². The summed E-state index contributed by atoms with van der Waals surface area (Å²) in [5.41, 5.74) is 2.11. The minimum Gasteiger partial charge on any atom is -0.378 e. The van der Waals surface area contributed by atoms with Gasteiger partial charge in [-0.15, -0.1) is 11.3 Å². The van der Waals surface area contributed by atoms with Gasteiger partial charge in [0.15, 0.2) is 0 Å². The van der Waals surface area contributed by atoms with Gasteiger partial charge in [-0.1, -0.05) is 0 Å². The van der Waals surface area contributed by atoms with Gasteiger partial charge in [0.1, 0.15) is 17.3 Å². The van der Waals surface area contributed by atoms with Crippen molar-refractivity contribution in [2.45, 2.75) is 32.4 Å². The van der Waals surface area contributed by atoms with Crippen LogP contribution < -0.4 is 4.90 Å². The molecule has 0 radical (unpaired) electrons. The van der Waals surface area contributed by atoms with Crippen molar-refractivity contribution in [3.8, 4) is 0 Å². The largest absolute Gasteiger partial charge is 0.378 e. The number of amides is 1. The molecule has 1 saturated heterocycles. The predicted octanol–water partition coefficient (Wildman–Crippen LogP) is 3.78. The molecule has 1 aliphatic heterocycles. The van der Waals surface area contributed by atoms with E-state index in [-0.39, 0.29) is 17.8 Å². The maximum Gasteiger partial charge on any atom is 0.273 e. The van der Waals surface area contributed by atoms with Gasteiger partial charge in [-0.05, 0) is 38.0 Å². The number of hydrogen-bond donors (Lipinski definition) is 0. The van der Waals surface area contributed by atoms with E-state index in [2.05, 4.69) is 9.88 Å². The number of carbonyl (C=O) groups excluding carboxylic acids is 1. The second-order valence-electron chi connectivity index (χ2n) is 7.82. The number of anilines is 1. The highest BCUT2D eigenvalue weighted by Crippen LogP contribution is 2.33. The number of morpholine rings is 1. The summed E-state index contributed by atoms with van der Waals surface area (Å²) in [6.07, 6.45) is 2.02. The summed E-state index contributed by atoms with van der Waals surface area (Å²) in [4.78, 5) is 26.5. The van der Waals surface area contributed by atoms with Crippen LogP contribution in [-0.4, -0.2) is 53.1 Å². The Morgan fingerprint density at radius 3 is 2.77 bits per heavy atom. The summed E-state index contributed by atoms with van der Waals surface area (Å²) < 4.78 is 19.3. The first-order chi connectivity index (χ1) is 14.6. The van der Waals surface area contributed by atoms with Gasteiger partial charge in [0, 0.05) is 48.1 Å². The Bertz CT molecular complexity index is 1090. The molecule has 3 aromatic rings. The molecule has 8 heteroatoms. The molecule has 0 unspecified atom stereocenters. The Kier molecular flexibility index (Phi) is 5.12. The maximum atomic E-state index is 13.8. The van der Waals surface area contributed by atoms with Crippen molar-refractivity contribution in [1.29, 1.82) is 0 Å². The standard InChI is InChI=1S/C22H23FN4O2S/c1-14-24-20(13-30-14)22(28)27(18-4-5-18)12-16-10-15-2-3-17(23)11-19(15)25-21(16)26-6-8-29-9-7-26/h2-3,10-11,13,18H,4-9,12H2,1H3. The molecule has 0 spiro atoms. The zero-order chi connectivity index (χ0) is 20.7. The third-order valence-electron chi connectivity index (χ3n) is 5.57. The molecule has 3 heterocycles. The van der Waals surface area contributed by atoms with E-state index in [4.69, 9.17) is 9.72 Å². The molecule has 0 N–H and O–H groups in total. The van der Waals surface area contributed by atoms with Crippen LogP contribution in [0.15, 0.2) is 29.6 Å². The lowest BCUT2D eigenvalue weighted by molar-refractivity contribution is 0.0724. The number of carbonyl (C=O) groups is 1. The molecular formula is C22H23FN4O2S. The van der Waals surface area contributed by atoms with Crippen LogP contribution in [0.1, 0.15) is 33.9 Å². The molecule has 1 amide bonds. The number of rotatable bonds is 5. The van der Waals surface area contributed by atoms with Crippen molar-refractivity contribution in [1.82, 2.24) is 14.9 Å². The van der Waals surface area contributed by atoms with Gasteiger partial charge < -0.3 is 14.5 Å². The van der Waals surface area contributed by atoms with E-state index in [1.807, 2.05) is 23.3 Å². The number of hydrogen-bond acceptors (Lipinski definition) is 6. The Hall–Kier alpha value is -2.58. The molecule has 6 nitrogen and oxygen atoms in total. The number of ether oxygens (including phenoxy) is 1. The van der Waals surface area contributed by atoms with Crippen molar-refractivity contribution in [2.75, 3.05) is 31.2 Å². The van der Waals surface area contributed by atoms with E-state index in [1.54, 1.807) is 6.07 Å². The summed E-state index contributed by atoms with van der Waals surface area (Å²) in [6.45, 7) is 5.09. The quantitative estimate of drug-likeness (QED) is 0.622. The monoisotopic (exact) mass is 426 g/mol. The number of aryl methyl sites for hydroxylation is 1. The van der Waals surface area contributed by atoms with E-state index < -0.39 is 0 Å². The number of pyridine rings is 1. The van der Waals surface area contributed by atoms with Crippen LogP contribution in [0.3, 0.4) is 0 Å². The van der Waals surface area contributed by atoms with Crippen LogP contribution in [0.2, 0.25) is 0 Å². The number of aromatic nitrogens is 2. The second-order valence-corrected chi connectivity index (χ2v) is 8.89. The maximum absolute atomic E-state index is 13.8. The fraction of sp³-hybridized carbons (Fsp3) is 0.409. The SMILES string of the molecule is Cc1nc(C(=O)N(Cc2cc3ccc(F)cc3nc2N2CCOCC2)C2CC2)cs1. The van der Waals surface area contributed by atoms with Crippen molar-refractivity contribution < 1.29 is 13.9 Å². The Morgan fingerprint density at radius 1 is 1.27 bits per heavy atom. The summed E-state index contributed by atoms with van der Waals surface area (Å²) in [5.74, 6) is 0.475. The average Bonchev–Trinajstić information content (AvgIpc) is 3.51. The Morgan fingerprint density at radius 2 is 2.07 bits per heavy atom. The Balaban J connectivity index is 1.53. The lowest BCUT2D eigenvalue weighted by Crippen LogP contribution is -2.38. The second kappa shape index (κ2) is 7.92. The smallest absolute Gasteiger partial charge is 0.273 e. The van der Waals surface area contributed by atoms with E-state index in [1.165, 1.54) is 23.5 Å². The fourth-order valence-corrected chi connectivity index (χ4v) is 4.47. The molecule has 1 saturated carbocycles. The molecular weight excluding hydrogens is 403 g/mol. The molecule has 156 valence electrons. The van der Waals surface area contributed by atoms with Crippen molar-refractivity contribution >= 4 is 34.0 Å². The normalized spacial score (nSPS) is 16.8. The third kappa shape index (κ3) is 3.89. The van der Waals surface area contributed by atoms with Gasteiger partial charge in [0.05, 0.1) is 23.7 Å². The zero-order valence-corrected chi connectivity index (χ0v) is 17.6. The number of nitrogens with zero attached hydrogens (tertiary/aromatic N) is 4. The van der Waals surface area contributed by atoms with E-state index in [0.29, 0.717) is 31.0 Å². The van der Waals surface area contributed by atoms with E-state index in [0.717, 1.165) is 47.7 Å². The minimum atomic E-state index is -0.302. The first-order valence-electron chi connectivity index (χ1n) is 10.2. The average molecular weight is 427 g/mol. The first kappa shape index (κ1) is 19.4. The molecule has 2 fully saturated rings. The minimum absolute atomic E-state index is 0.0334. The zero-order valence-electron chi connectivity index (χ0n) is 16.8. The van der Waals surface area contributed by atoms with Crippen molar-refractivity contribution in [3.05, 3.63) is 51.7 Å². The van der Waals surface area contributed by atoms with Gasteiger partial charge in [0.2, 0.25) is 0 Å². The van der Waals surface area contributed by atoms with Crippen molar-refractivity contribution in [2.24, 2.45) is 0 Å². The number of benzene rings is 1. The Labute approximate surface area is 178 Å². The number of fused-ring (bicyclic) bond motifs is 1. The summed E-state index contributed by atoms with van der Waals surface area (Å²) in [5, 5.41) is 3.59. The van der Waals surface area contributed by atoms with Crippen LogP contribution >= 0.6 is 11.3 Å². The lowest BCUT2D eigenvalue weighted by Gasteiger charge is -2.31. The molecule has 1 aliphatic carbocycles. The predicted molar refractivity (Wildman–Crippen MR) is 114 cm³/mol. The molecule has 0 atom stereocenters. The van der Waals surface area contributed by atoms with Gasteiger partial charge in [-0.25, -0.2) is 14.4 Å². The van der Waals surface area contributed by atoms with Gasteiger partial charge in [-0.2, -0.15) is 0 Å². The third-order valence-corrected chi connectivity index (χ3v) is 6.35. The van der Waals surface area contributed by atoms with Crippen LogP contribution in [0.25, 0.3) is 10.9 Å². The summed E-state index contributed by atoms with van der Waals surface area (Å²) >= 11 is 1.49. The molecule has 2 aliphatic rings. The molecule has 1 aromatic carbocycles. The molecule has 30 heavy (non-hydrogen) atoms. The highest BCUT2D eigenvalue weighted by atomic mass is 32.1. The first-order valence-corrected chi connectivity index (χ1v) is 11.1. The number of halogens is 1. The van der Waals surface area contributed by atoms with E-state index in [9.17, 15) is 9.18 Å². The molecule has 2 aromatic heterocycles. The number of thiazole rings is 1. The summed E-state index contributed by atoms with van der Waals surface area (Å²) in [7, 11) is 0. The van der Waals surface area contributed by atoms with Crippen LogP contribution in [0, 0.1) is 12.7 Å². The van der Waals surface area contributed by atoms with Gasteiger partial charge in [-0.3, -0.25) is 4.79 Å². The highest BCUT2D eigenvalue weighted by molar-refractivity contribution is 7.09. The highest BCUT2D eigenvalue weighted by Gasteiger charge is 2.35. The fourth-order valence-electron chi connectivity index (χ4n) is 3.88. The van der Waals surface area contributed by atoms with Gasteiger partial charge >= 0.3 is 0 Å². The van der Waals surface area contributed by atoms with Crippen LogP contribution in [0.5, 0.6) is 0 Å². The van der Waals surface area contributed by atoms with E-state index >= 15 is 0 Å². The molecule has 5 rings (SSSR count). The van der Waals surface area contributed by atoms with Crippen molar-refractivity contribution in [3.63, 3.8) is 0 Å². The van der Waals surface area contributed by atoms with Crippen LogP contribution in [0.4, 0.5) is 10.2 Å². The van der Waals surface area contributed by atoms with Gasteiger partial charge in [0.25, 0.3) is 5.91 Å². The lowest BCUT2D eigenvalue weighted by atomic mass is 10.1. The molecule has 0 bridgehead atoms.